The van der Waals surface area contributed by atoms with Crippen LogP contribution in [0.4, 0.5) is 20.7 Å². The van der Waals surface area contributed by atoms with Gasteiger partial charge in [0.1, 0.15) is 0 Å². The highest BCUT2D eigenvalue weighted by Crippen LogP contribution is 2.31. The van der Waals surface area contributed by atoms with E-state index < -0.39 is 11.6 Å². The zero-order valence-electron chi connectivity index (χ0n) is 18.3. The zero-order chi connectivity index (χ0) is 23.2. The standard InChI is InChI=1S/C22H21F2N9O/c1-11-16(20-30-31-22(34-20)33-3-2-12(10-33)19-9-26-32-29-19)8-25-21(27-11)28-15-4-13-6-17(23)18(24)7-14(13)5-15/h6-9,12,15H,2-5,10H2,1H3,(H,25,27,28)(H,26,29,32). The second-order valence-electron chi connectivity index (χ2n) is 8.69. The number of fused-ring (bicyclic) bond motifs is 1. The topological polar surface area (TPSA) is 122 Å². The van der Waals surface area contributed by atoms with Gasteiger partial charge in [0.05, 0.1) is 23.1 Å². The number of anilines is 2. The molecule has 1 atom stereocenters. The lowest BCUT2D eigenvalue weighted by atomic mass is 10.1. The maximum absolute atomic E-state index is 13.5. The second-order valence-corrected chi connectivity index (χ2v) is 8.69. The van der Waals surface area contributed by atoms with Crippen molar-refractivity contribution in [1.29, 1.82) is 0 Å². The monoisotopic (exact) mass is 465 g/mol. The van der Waals surface area contributed by atoms with Crippen LogP contribution in [0.25, 0.3) is 11.5 Å². The molecule has 0 spiro atoms. The van der Waals surface area contributed by atoms with Crippen molar-refractivity contribution >= 4 is 12.0 Å². The average Bonchev–Trinajstić information content (AvgIpc) is 3.60. The highest BCUT2D eigenvalue weighted by atomic mass is 19.2. The first kappa shape index (κ1) is 20.6. The summed E-state index contributed by atoms with van der Waals surface area (Å²) in [5, 5.41) is 22.4. The molecule has 1 aliphatic carbocycles. The van der Waals surface area contributed by atoms with Gasteiger partial charge in [-0.1, -0.05) is 5.10 Å². The van der Waals surface area contributed by atoms with Gasteiger partial charge in [-0.3, -0.25) is 0 Å². The van der Waals surface area contributed by atoms with Gasteiger partial charge < -0.3 is 14.6 Å². The summed E-state index contributed by atoms with van der Waals surface area (Å²) in [7, 11) is 0. The number of halogens is 2. The fourth-order valence-electron chi connectivity index (χ4n) is 4.68. The second kappa shape index (κ2) is 8.12. The number of hydrogen-bond donors (Lipinski definition) is 2. The Morgan fingerprint density at radius 3 is 2.62 bits per heavy atom. The first-order chi connectivity index (χ1) is 16.5. The van der Waals surface area contributed by atoms with Gasteiger partial charge in [-0.2, -0.15) is 15.4 Å². The number of benzene rings is 1. The van der Waals surface area contributed by atoms with Crippen LogP contribution in [0.2, 0.25) is 0 Å². The van der Waals surface area contributed by atoms with Gasteiger partial charge in [0.2, 0.25) is 5.95 Å². The minimum Gasteiger partial charge on any atom is -0.403 e. The Labute approximate surface area is 192 Å². The van der Waals surface area contributed by atoms with Crippen molar-refractivity contribution in [2.24, 2.45) is 0 Å². The van der Waals surface area contributed by atoms with Crippen molar-refractivity contribution in [3.05, 3.63) is 58.7 Å². The molecule has 3 aromatic heterocycles. The summed E-state index contributed by atoms with van der Waals surface area (Å²) in [6.45, 7) is 3.36. The van der Waals surface area contributed by atoms with Crippen molar-refractivity contribution in [3.8, 4) is 11.5 Å². The molecule has 6 rings (SSSR count). The van der Waals surface area contributed by atoms with Crippen molar-refractivity contribution in [2.45, 2.75) is 38.1 Å². The first-order valence-corrected chi connectivity index (χ1v) is 11.0. The molecule has 0 amide bonds. The molecule has 34 heavy (non-hydrogen) atoms. The number of nitrogens with zero attached hydrogens (tertiary/aromatic N) is 7. The molecule has 1 saturated heterocycles. The van der Waals surface area contributed by atoms with Gasteiger partial charge in [0.25, 0.3) is 5.89 Å². The lowest BCUT2D eigenvalue weighted by Gasteiger charge is -2.13. The molecule has 4 heterocycles. The van der Waals surface area contributed by atoms with Crippen LogP contribution in [0.5, 0.6) is 0 Å². The Morgan fingerprint density at radius 2 is 1.91 bits per heavy atom. The van der Waals surface area contributed by atoms with Crippen LogP contribution < -0.4 is 10.2 Å². The summed E-state index contributed by atoms with van der Waals surface area (Å²) in [4.78, 5) is 11.0. The summed E-state index contributed by atoms with van der Waals surface area (Å²) >= 11 is 0. The molecule has 4 aromatic rings. The number of aromatic nitrogens is 7. The molecule has 10 nitrogen and oxygen atoms in total. The van der Waals surface area contributed by atoms with E-state index in [0.29, 0.717) is 42.0 Å². The SMILES string of the molecule is Cc1nc(NC2Cc3cc(F)c(F)cc3C2)ncc1-c1nnc(N2CCC(c3cn[nH]n3)C2)o1. The third-order valence-electron chi connectivity index (χ3n) is 6.44. The van der Waals surface area contributed by atoms with Crippen LogP contribution in [0.15, 0.2) is 28.9 Å². The molecule has 174 valence electrons. The van der Waals surface area contributed by atoms with E-state index in [0.717, 1.165) is 36.3 Å². The van der Waals surface area contributed by atoms with Crippen LogP contribution in [-0.2, 0) is 12.8 Å². The number of aryl methyl sites for hydroxylation is 1. The molecule has 2 aliphatic rings. The molecular weight excluding hydrogens is 444 g/mol. The van der Waals surface area contributed by atoms with Crippen molar-refractivity contribution < 1.29 is 13.2 Å². The molecule has 2 N–H and O–H groups in total. The van der Waals surface area contributed by atoms with Crippen LogP contribution in [0, 0.1) is 18.6 Å². The van der Waals surface area contributed by atoms with Crippen molar-refractivity contribution in [3.63, 3.8) is 0 Å². The molecule has 1 aromatic carbocycles. The molecule has 1 unspecified atom stereocenters. The van der Waals surface area contributed by atoms with Gasteiger partial charge >= 0.3 is 6.01 Å². The molecular formula is C22H21F2N9O. The lowest BCUT2D eigenvalue weighted by Crippen LogP contribution is -2.21. The minimum absolute atomic E-state index is 0.0377. The van der Waals surface area contributed by atoms with Gasteiger partial charge in [0, 0.05) is 31.2 Å². The Kier molecular flexibility index (Phi) is 4.93. The van der Waals surface area contributed by atoms with E-state index in [9.17, 15) is 8.78 Å². The van der Waals surface area contributed by atoms with E-state index in [1.165, 1.54) is 12.1 Å². The minimum atomic E-state index is -0.822. The molecule has 1 fully saturated rings. The molecule has 1 aliphatic heterocycles. The fourth-order valence-corrected chi connectivity index (χ4v) is 4.68. The predicted octanol–water partition coefficient (Wildman–Crippen LogP) is 2.80. The molecule has 0 bridgehead atoms. The van der Waals surface area contributed by atoms with Crippen molar-refractivity contribution in [1.82, 2.24) is 35.6 Å². The number of rotatable bonds is 5. The van der Waals surface area contributed by atoms with Crippen LogP contribution >= 0.6 is 0 Å². The fraction of sp³-hybridized carbons (Fsp3) is 0.364. The molecule has 12 heteroatoms. The van der Waals surface area contributed by atoms with Crippen LogP contribution in [0.3, 0.4) is 0 Å². The molecule has 0 radical (unpaired) electrons. The third-order valence-corrected chi connectivity index (χ3v) is 6.44. The number of aromatic amines is 1. The van der Waals surface area contributed by atoms with Crippen LogP contribution in [-0.4, -0.2) is 54.7 Å². The predicted molar refractivity (Wildman–Crippen MR) is 117 cm³/mol. The maximum atomic E-state index is 13.5. The van der Waals surface area contributed by atoms with E-state index >= 15 is 0 Å². The Balaban J connectivity index is 1.13. The third kappa shape index (κ3) is 3.74. The zero-order valence-corrected chi connectivity index (χ0v) is 18.3. The summed E-state index contributed by atoms with van der Waals surface area (Å²) in [5.41, 5.74) is 3.86. The summed E-state index contributed by atoms with van der Waals surface area (Å²) in [6.07, 6.45) is 5.47. The van der Waals surface area contributed by atoms with E-state index in [2.05, 4.69) is 40.9 Å². The van der Waals surface area contributed by atoms with E-state index in [1.54, 1.807) is 12.4 Å². The quantitative estimate of drug-likeness (QED) is 0.458. The summed E-state index contributed by atoms with van der Waals surface area (Å²) in [6, 6.07) is 2.95. The first-order valence-electron chi connectivity index (χ1n) is 11.0. The van der Waals surface area contributed by atoms with Gasteiger partial charge in [-0.25, -0.2) is 18.7 Å². The van der Waals surface area contributed by atoms with Gasteiger partial charge in [-0.05, 0) is 49.4 Å². The van der Waals surface area contributed by atoms with Crippen LogP contribution in [0.1, 0.15) is 34.9 Å². The Hall–Kier alpha value is -3.96. The van der Waals surface area contributed by atoms with E-state index in [4.69, 9.17) is 4.42 Å². The Bertz CT molecular complexity index is 1310. The number of hydrogen-bond acceptors (Lipinski definition) is 9. The highest BCUT2D eigenvalue weighted by molar-refractivity contribution is 5.57. The molecule has 0 saturated carbocycles. The van der Waals surface area contributed by atoms with Crippen molar-refractivity contribution in [2.75, 3.05) is 23.3 Å². The normalized spacial score (nSPS) is 18.0. The van der Waals surface area contributed by atoms with E-state index in [1.807, 2.05) is 11.8 Å². The largest absolute Gasteiger partial charge is 0.403 e. The summed E-state index contributed by atoms with van der Waals surface area (Å²) < 4.78 is 33.0. The Morgan fingerprint density at radius 1 is 1.12 bits per heavy atom. The number of nitrogens with one attached hydrogen (secondary N) is 2. The average molecular weight is 465 g/mol. The van der Waals surface area contributed by atoms with Gasteiger partial charge in [-0.15, -0.1) is 5.10 Å². The smallest absolute Gasteiger partial charge is 0.318 e. The maximum Gasteiger partial charge on any atom is 0.318 e. The van der Waals surface area contributed by atoms with Gasteiger partial charge in [0.15, 0.2) is 11.6 Å². The number of H-pyrrole nitrogens is 1. The highest BCUT2D eigenvalue weighted by Gasteiger charge is 2.29. The summed E-state index contributed by atoms with van der Waals surface area (Å²) in [5.74, 6) is -0.591. The lowest BCUT2D eigenvalue weighted by molar-refractivity contribution is 0.507. The van der Waals surface area contributed by atoms with E-state index in [-0.39, 0.29) is 12.0 Å².